The molecule has 1 aromatic rings. The highest BCUT2D eigenvalue weighted by Crippen LogP contribution is 2.09. The molecule has 0 atom stereocenters. The quantitative estimate of drug-likeness (QED) is 0.856. The van der Waals surface area contributed by atoms with Crippen LogP contribution in [0.3, 0.4) is 0 Å². The number of rotatable bonds is 5. The van der Waals surface area contributed by atoms with Gasteiger partial charge in [-0.3, -0.25) is 4.79 Å². The largest absolute Gasteiger partial charge is 0.352 e. The van der Waals surface area contributed by atoms with E-state index in [1.807, 2.05) is 0 Å². The average Bonchev–Trinajstić information content (AvgIpc) is 2.25. The molecule has 0 spiro atoms. The summed E-state index contributed by atoms with van der Waals surface area (Å²) in [6.45, 7) is 1.38. The summed E-state index contributed by atoms with van der Waals surface area (Å²) >= 11 is 0. The molecule has 0 aliphatic rings. The van der Waals surface area contributed by atoms with E-state index in [0.717, 1.165) is 12.1 Å². The third kappa shape index (κ3) is 4.72. The normalized spacial score (nSPS) is 10.1. The van der Waals surface area contributed by atoms with E-state index in [9.17, 15) is 18.4 Å². The van der Waals surface area contributed by atoms with Gasteiger partial charge in [0.25, 0.3) is 0 Å². The first-order valence-corrected chi connectivity index (χ1v) is 5.19. The second-order valence-corrected chi connectivity index (χ2v) is 3.71. The molecule has 0 aliphatic heterocycles. The number of hydrogen-bond acceptors (Lipinski definition) is 2. The Hall–Kier alpha value is -1.78. The summed E-state index contributed by atoms with van der Waals surface area (Å²) in [6.07, 6.45) is 0.246. The Labute approximate surface area is 97.8 Å². The van der Waals surface area contributed by atoms with E-state index in [2.05, 4.69) is 5.32 Å². The molecular weight excluding hydrogens is 228 g/mol. The van der Waals surface area contributed by atoms with Crippen LogP contribution in [0.1, 0.15) is 25.3 Å². The molecule has 0 unspecified atom stereocenters. The number of ketones is 1. The smallest absolute Gasteiger partial charge is 0.220 e. The summed E-state index contributed by atoms with van der Waals surface area (Å²) in [6, 6.07) is 3.16. The van der Waals surface area contributed by atoms with Gasteiger partial charge in [-0.1, -0.05) is 6.07 Å². The number of Topliss-reactive ketones (excluding diaryl/α,β-unsaturated/α-hetero) is 1. The topological polar surface area (TPSA) is 46.2 Å². The molecule has 1 rings (SSSR count). The van der Waals surface area contributed by atoms with Gasteiger partial charge in [-0.05, 0) is 13.0 Å². The minimum atomic E-state index is -0.697. The number of nitrogens with one attached hydrogen (secondary N) is 1. The van der Waals surface area contributed by atoms with E-state index in [1.54, 1.807) is 0 Å². The number of amides is 1. The predicted octanol–water partition coefficient (Wildman–Crippen LogP) is 1.95. The van der Waals surface area contributed by atoms with Crippen molar-refractivity contribution in [3.05, 3.63) is 35.4 Å². The van der Waals surface area contributed by atoms with Gasteiger partial charge in [0.1, 0.15) is 17.4 Å². The minimum Gasteiger partial charge on any atom is -0.352 e. The highest BCUT2D eigenvalue weighted by Gasteiger charge is 2.06. The fourth-order valence-corrected chi connectivity index (χ4v) is 1.24. The van der Waals surface area contributed by atoms with Crippen LogP contribution in [0.5, 0.6) is 0 Å². The van der Waals surface area contributed by atoms with Gasteiger partial charge >= 0.3 is 0 Å². The maximum Gasteiger partial charge on any atom is 0.220 e. The van der Waals surface area contributed by atoms with Crippen LogP contribution in [0.25, 0.3) is 0 Å². The van der Waals surface area contributed by atoms with Crippen molar-refractivity contribution in [1.29, 1.82) is 0 Å². The van der Waals surface area contributed by atoms with Crippen molar-refractivity contribution in [2.45, 2.75) is 26.3 Å². The Kier molecular flexibility index (Phi) is 4.75. The van der Waals surface area contributed by atoms with Gasteiger partial charge in [-0.15, -0.1) is 0 Å². The van der Waals surface area contributed by atoms with E-state index < -0.39 is 11.6 Å². The fraction of sp³-hybridized carbons (Fsp3) is 0.333. The summed E-state index contributed by atoms with van der Waals surface area (Å²) in [5.74, 6) is -1.76. The standard InChI is InChI=1S/C12H13F2NO2/c1-8(16)2-5-12(17)15-7-9-3-4-10(13)6-11(9)14/h3-4,6H,2,5,7H2,1H3,(H,15,17). The molecule has 1 aromatic carbocycles. The monoisotopic (exact) mass is 241 g/mol. The molecule has 5 heteroatoms. The van der Waals surface area contributed by atoms with E-state index in [0.29, 0.717) is 0 Å². The highest BCUT2D eigenvalue weighted by molar-refractivity contribution is 5.83. The zero-order valence-electron chi connectivity index (χ0n) is 9.43. The van der Waals surface area contributed by atoms with Crippen LogP contribution in [0.15, 0.2) is 18.2 Å². The molecule has 0 saturated heterocycles. The Morgan fingerprint density at radius 2 is 1.94 bits per heavy atom. The first kappa shape index (κ1) is 13.3. The molecule has 3 nitrogen and oxygen atoms in total. The first-order valence-electron chi connectivity index (χ1n) is 5.19. The van der Waals surface area contributed by atoms with Gasteiger partial charge < -0.3 is 10.1 Å². The molecule has 0 aliphatic carbocycles. The molecule has 0 fully saturated rings. The van der Waals surface area contributed by atoms with Crippen molar-refractivity contribution >= 4 is 11.7 Å². The van der Waals surface area contributed by atoms with Crippen LogP contribution in [0.4, 0.5) is 8.78 Å². The maximum absolute atomic E-state index is 13.2. The lowest BCUT2D eigenvalue weighted by Gasteiger charge is -2.05. The molecule has 92 valence electrons. The van der Waals surface area contributed by atoms with Crippen LogP contribution in [-0.2, 0) is 16.1 Å². The lowest BCUT2D eigenvalue weighted by atomic mass is 10.2. The van der Waals surface area contributed by atoms with Crippen molar-refractivity contribution < 1.29 is 18.4 Å². The van der Waals surface area contributed by atoms with E-state index >= 15 is 0 Å². The van der Waals surface area contributed by atoms with Crippen LogP contribution in [0.2, 0.25) is 0 Å². The molecule has 0 radical (unpaired) electrons. The van der Waals surface area contributed by atoms with Crippen molar-refractivity contribution in [2.24, 2.45) is 0 Å². The van der Waals surface area contributed by atoms with Crippen molar-refractivity contribution in [2.75, 3.05) is 0 Å². The van der Waals surface area contributed by atoms with Gasteiger partial charge in [0.2, 0.25) is 5.91 Å². The summed E-state index contributed by atoms with van der Waals surface area (Å²) in [4.78, 5) is 21.9. The molecule has 17 heavy (non-hydrogen) atoms. The second-order valence-electron chi connectivity index (χ2n) is 3.71. The minimum absolute atomic E-state index is 0.0111. The highest BCUT2D eigenvalue weighted by atomic mass is 19.1. The first-order chi connectivity index (χ1) is 7.99. The van der Waals surface area contributed by atoms with Crippen LogP contribution < -0.4 is 5.32 Å². The summed E-state index contributed by atoms with van der Waals surface area (Å²) in [5, 5.41) is 2.46. The Morgan fingerprint density at radius 1 is 1.24 bits per heavy atom. The zero-order valence-corrected chi connectivity index (χ0v) is 9.43. The van der Waals surface area contributed by atoms with Crippen molar-refractivity contribution in [3.63, 3.8) is 0 Å². The second kappa shape index (κ2) is 6.08. The zero-order chi connectivity index (χ0) is 12.8. The average molecular weight is 241 g/mol. The lowest BCUT2D eigenvalue weighted by molar-refractivity contribution is -0.124. The number of halogens is 2. The van der Waals surface area contributed by atoms with Crippen LogP contribution >= 0.6 is 0 Å². The van der Waals surface area contributed by atoms with Gasteiger partial charge in [0.15, 0.2) is 0 Å². The van der Waals surface area contributed by atoms with Gasteiger partial charge in [-0.25, -0.2) is 8.78 Å². The number of carbonyl (C=O) groups excluding carboxylic acids is 2. The maximum atomic E-state index is 13.2. The van der Waals surface area contributed by atoms with E-state index in [4.69, 9.17) is 0 Å². The van der Waals surface area contributed by atoms with Gasteiger partial charge in [0.05, 0.1) is 0 Å². The summed E-state index contributed by atoms with van der Waals surface area (Å²) in [7, 11) is 0. The van der Waals surface area contributed by atoms with Crippen molar-refractivity contribution in [3.8, 4) is 0 Å². The molecule has 0 saturated carbocycles. The molecule has 0 bridgehead atoms. The number of benzene rings is 1. The molecule has 1 N–H and O–H groups in total. The Balaban J connectivity index is 2.44. The molecule has 0 heterocycles. The third-order valence-electron chi connectivity index (χ3n) is 2.20. The Bertz CT molecular complexity index is 433. The predicted molar refractivity (Wildman–Crippen MR) is 58.1 cm³/mol. The number of carbonyl (C=O) groups is 2. The van der Waals surface area contributed by atoms with Crippen LogP contribution in [0, 0.1) is 11.6 Å². The summed E-state index contributed by atoms with van der Waals surface area (Å²) in [5.41, 5.74) is 0.211. The van der Waals surface area contributed by atoms with Crippen LogP contribution in [-0.4, -0.2) is 11.7 Å². The van der Waals surface area contributed by atoms with E-state index in [1.165, 1.54) is 13.0 Å². The van der Waals surface area contributed by atoms with Gasteiger partial charge in [-0.2, -0.15) is 0 Å². The molecular formula is C12H13F2NO2. The number of hydrogen-bond donors (Lipinski definition) is 1. The Morgan fingerprint density at radius 3 is 2.53 bits per heavy atom. The SMILES string of the molecule is CC(=O)CCC(=O)NCc1ccc(F)cc1F. The van der Waals surface area contributed by atoms with Gasteiger partial charge in [0, 0.05) is 31.0 Å². The molecule has 1 amide bonds. The fourth-order valence-electron chi connectivity index (χ4n) is 1.24. The van der Waals surface area contributed by atoms with E-state index in [-0.39, 0.29) is 36.6 Å². The lowest BCUT2D eigenvalue weighted by Crippen LogP contribution is -2.23. The third-order valence-corrected chi connectivity index (χ3v) is 2.20. The van der Waals surface area contributed by atoms with Crippen molar-refractivity contribution in [1.82, 2.24) is 5.32 Å². The summed E-state index contributed by atoms with van der Waals surface area (Å²) < 4.78 is 25.8. The molecule has 0 aromatic heterocycles.